The highest BCUT2D eigenvalue weighted by atomic mass is 16.3. The maximum absolute atomic E-state index is 12.1. The molecule has 2 aromatic heterocycles. The molecular formula is C14H18N4O2. The molecule has 2 rings (SSSR count). The maximum Gasteiger partial charge on any atom is 0.270 e. The first-order chi connectivity index (χ1) is 9.74. The summed E-state index contributed by atoms with van der Waals surface area (Å²) in [6.07, 6.45) is 6.37. The zero-order valence-electron chi connectivity index (χ0n) is 11.4. The van der Waals surface area contributed by atoms with Crippen LogP contribution in [0.2, 0.25) is 0 Å². The van der Waals surface area contributed by atoms with E-state index >= 15 is 0 Å². The van der Waals surface area contributed by atoms with Crippen LogP contribution in [0.4, 0.5) is 0 Å². The lowest BCUT2D eigenvalue weighted by Crippen LogP contribution is -2.35. The summed E-state index contributed by atoms with van der Waals surface area (Å²) in [6.45, 7) is 2.02. The van der Waals surface area contributed by atoms with Crippen molar-refractivity contribution in [1.29, 1.82) is 0 Å². The number of pyridine rings is 1. The number of aliphatic hydroxyl groups excluding tert-OH is 1. The van der Waals surface area contributed by atoms with Crippen LogP contribution in [-0.2, 0) is 0 Å². The molecule has 0 saturated heterocycles. The average molecular weight is 274 g/mol. The first-order valence-electron chi connectivity index (χ1n) is 6.62. The van der Waals surface area contributed by atoms with Crippen molar-refractivity contribution in [3.63, 3.8) is 0 Å². The molecule has 2 heterocycles. The molecule has 2 N–H and O–H groups in total. The smallest absolute Gasteiger partial charge is 0.270 e. The number of carbonyl (C=O) groups excluding carboxylic acids is 1. The number of hydrogen-bond donors (Lipinski definition) is 2. The second-order valence-electron chi connectivity index (χ2n) is 4.44. The van der Waals surface area contributed by atoms with Gasteiger partial charge in [0, 0.05) is 31.2 Å². The van der Waals surface area contributed by atoms with E-state index in [1.807, 2.05) is 13.0 Å². The summed E-state index contributed by atoms with van der Waals surface area (Å²) < 4.78 is 1.67. The molecule has 20 heavy (non-hydrogen) atoms. The number of aromatic nitrogens is 3. The second kappa shape index (κ2) is 6.81. The number of amides is 1. The largest absolute Gasteiger partial charge is 0.396 e. The third-order valence-electron chi connectivity index (χ3n) is 3.05. The Morgan fingerprint density at radius 3 is 3.00 bits per heavy atom. The van der Waals surface area contributed by atoms with E-state index in [2.05, 4.69) is 15.4 Å². The van der Waals surface area contributed by atoms with Gasteiger partial charge in [0.05, 0.1) is 5.69 Å². The Morgan fingerprint density at radius 2 is 2.35 bits per heavy atom. The Hall–Kier alpha value is -2.21. The zero-order valence-corrected chi connectivity index (χ0v) is 11.4. The van der Waals surface area contributed by atoms with Crippen LogP contribution in [-0.4, -0.2) is 38.4 Å². The van der Waals surface area contributed by atoms with Crippen LogP contribution in [0.25, 0.3) is 5.69 Å². The zero-order chi connectivity index (χ0) is 14.4. The van der Waals surface area contributed by atoms with Crippen molar-refractivity contribution in [3.05, 3.63) is 42.5 Å². The van der Waals surface area contributed by atoms with Gasteiger partial charge in [-0.3, -0.25) is 9.78 Å². The van der Waals surface area contributed by atoms with Crippen molar-refractivity contribution in [2.75, 3.05) is 6.61 Å². The molecule has 0 fully saturated rings. The lowest BCUT2D eigenvalue weighted by molar-refractivity contribution is 0.0924. The summed E-state index contributed by atoms with van der Waals surface area (Å²) in [5.41, 5.74) is 1.12. The fourth-order valence-corrected chi connectivity index (χ4v) is 1.90. The summed E-state index contributed by atoms with van der Waals surface area (Å²) in [4.78, 5) is 16.2. The summed E-state index contributed by atoms with van der Waals surface area (Å²) in [6, 6.07) is 5.25. The van der Waals surface area contributed by atoms with Gasteiger partial charge in [-0.15, -0.1) is 0 Å². The van der Waals surface area contributed by atoms with Gasteiger partial charge in [0.25, 0.3) is 5.91 Å². The number of nitrogens with zero attached hydrogens (tertiary/aromatic N) is 3. The van der Waals surface area contributed by atoms with Crippen molar-refractivity contribution in [2.24, 2.45) is 0 Å². The molecule has 1 amide bonds. The Labute approximate surface area is 117 Å². The number of aliphatic hydroxyl groups is 1. The maximum atomic E-state index is 12.1. The Morgan fingerprint density at radius 1 is 1.50 bits per heavy atom. The Balaban J connectivity index is 2.12. The average Bonchev–Trinajstić information content (AvgIpc) is 3.01. The normalized spacial score (nSPS) is 12.1. The number of carbonyl (C=O) groups is 1. The standard InChI is InChI=1S/C14H18N4O2/c1-2-11(5-9-19)17-14(20)13-10-12(4-7-15-13)18-8-3-6-16-18/h3-4,6-8,10-11,19H,2,5,9H2,1H3,(H,17,20). The number of nitrogens with one attached hydrogen (secondary N) is 1. The summed E-state index contributed by atoms with van der Waals surface area (Å²) >= 11 is 0. The molecule has 0 spiro atoms. The van der Waals surface area contributed by atoms with E-state index in [0.29, 0.717) is 12.1 Å². The molecule has 6 heteroatoms. The van der Waals surface area contributed by atoms with E-state index in [9.17, 15) is 4.79 Å². The van der Waals surface area contributed by atoms with Crippen molar-refractivity contribution in [2.45, 2.75) is 25.8 Å². The fourth-order valence-electron chi connectivity index (χ4n) is 1.90. The van der Waals surface area contributed by atoms with Crippen molar-refractivity contribution >= 4 is 5.91 Å². The van der Waals surface area contributed by atoms with Crippen LogP contribution >= 0.6 is 0 Å². The van der Waals surface area contributed by atoms with Gasteiger partial charge in [0.15, 0.2) is 0 Å². The first-order valence-corrected chi connectivity index (χ1v) is 6.62. The minimum Gasteiger partial charge on any atom is -0.396 e. The minimum atomic E-state index is -0.237. The van der Waals surface area contributed by atoms with Gasteiger partial charge >= 0.3 is 0 Å². The highest BCUT2D eigenvalue weighted by Gasteiger charge is 2.13. The molecule has 106 valence electrons. The molecule has 0 aromatic carbocycles. The topological polar surface area (TPSA) is 80.0 Å². The molecule has 0 saturated carbocycles. The molecule has 1 atom stereocenters. The van der Waals surface area contributed by atoms with Crippen molar-refractivity contribution < 1.29 is 9.90 Å². The quantitative estimate of drug-likeness (QED) is 0.828. The Kier molecular flexibility index (Phi) is 4.84. The third kappa shape index (κ3) is 3.42. The van der Waals surface area contributed by atoms with Gasteiger partial charge in [-0.1, -0.05) is 6.92 Å². The van der Waals surface area contributed by atoms with Crippen molar-refractivity contribution in [1.82, 2.24) is 20.1 Å². The summed E-state index contributed by atoms with van der Waals surface area (Å²) in [5, 5.41) is 15.9. The van der Waals surface area contributed by atoms with Gasteiger partial charge in [0.2, 0.25) is 0 Å². The monoisotopic (exact) mass is 274 g/mol. The van der Waals surface area contributed by atoms with Crippen LogP contribution in [0.15, 0.2) is 36.8 Å². The van der Waals surface area contributed by atoms with E-state index in [4.69, 9.17) is 5.11 Å². The SMILES string of the molecule is CCC(CCO)NC(=O)c1cc(-n2cccn2)ccn1. The lowest BCUT2D eigenvalue weighted by Gasteiger charge is -2.15. The fraction of sp³-hybridized carbons (Fsp3) is 0.357. The molecule has 0 bridgehead atoms. The van der Waals surface area contributed by atoms with Crippen molar-refractivity contribution in [3.8, 4) is 5.69 Å². The van der Waals surface area contributed by atoms with E-state index in [-0.39, 0.29) is 18.6 Å². The summed E-state index contributed by atoms with van der Waals surface area (Å²) in [7, 11) is 0. The highest BCUT2D eigenvalue weighted by Crippen LogP contribution is 2.08. The molecular weight excluding hydrogens is 256 g/mol. The van der Waals surface area contributed by atoms with E-state index < -0.39 is 0 Å². The van der Waals surface area contributed by atoms with E-state index in [1.165, 1.54) is 0 Å². The molecule has 2 aromatic rings. The van der Waals surface area contributed by atoms with Gasteiger partial charge < -0.3 is 10.4 Å². The number of rotatable bonds is 6. The lowest BCUT2D eigenvalue weighted by atomic mass is 10.1. The van der Waals surface area contributed by atoms with Crippen LogP contribution in [0.5, 0.6) is 0 Å². The summed E-state index contributed by atoms with van der Waals surface area (Å²) in [5.74, 6) is -0.237. The molecule has 0 radical (unpaired) electrons. The highest BCUT2D eigenvalue weighted by molar-refractivity contribution is 5.92. The third-order valence-corrected chi connectivity index (χ3v) is 3.05. The van der Waals surface area contributed by atoms with Crippen LogP contribution < -0.4 is 5.32 Å². The van der Waals surface area contributed by atoms with Gasteiger partial charge in [-0.2, -0.15) is 5.10 Å². The molecule has 1 unspecified atom stereocenters. The van der Waals surface area contributed by atoms with Gasteiger partial charge in [0.1, 0.15) is 5.69 Å². The van der Waals surface area contributed by atoms with E-state index in [0.717, 1.165) is 12.1 Å². The molecule has 6 nitrogen and oxygen atoms in total. The first kappa shape index (κ1) is 14.2. The van der Waals surface area contributed by atoms with Crippen LogP contribution in [0.3, 0.4) is 0 Å². The van der Waals surface area contributed by atoms with Gasteiger partial charge in [-0.25, -0.2) is 4.68 Å². The Bertz CT molecular complexity index is 554. The number of hydrogen-bond acceptors (Lipinski definition) is 4. The van der Waals surface area contributed by atoms with E-state index in [1.54, 1.807) is 35.4 Å². The van der Waals surface area contributed by atoms with Crippen LogP contribution in [0, 0.1) is 0 Å². The second-order valence-corrected chi connectivity index (χ2v) is 4.44. The predicted octanol–water partition coefficient (Wildman–Crippen LogP) is 1.16. The van der Waals surface area contributed by atoms with Crippen LogP contribution in [0.1, 0.15) is 30.3 Å². The molecule has 0 aliphatic carbocycles. The molecule has 0 aliphatic rings. The molecule has 0 aliphatic heterocycles. The van der Waals surface area contributed by atoms with Gasteiger partial charge in [-0.05, 0) is 31.0 Å². The minimum absolute atomic E-state index is 0.0392. The predicted molar refractivity (Wildman–Crippen MR) is 74.6 cm³/mol.